The third kappa shape index (κ3) is 9.68. The second kappa shape index (κ2) is 18.2. The molecule has 6 aliphatic carbocycles. The van der Waals surface area contributed by atoms with E-state index >= 15 is 0 Å². The summed E-state index contributed by atoms with van der Waals surface area (Å²) in [6.45, 7) is 15.9. The largest absolute Gasteiger partial charge is 0.463 e. The van der Waals surface area contributed by atoms with Gasteiger partial charge < -0.3 is 23.7 Å². The highest BCUT2D eigenvalue weighted by Crippen LogP contribution is 2.58. The maximum atomic E-state index is 11.9. The molecule has 288 valence electrons. The van der Waals surface area contributed by atoms with E-state index in [2.05, 4.69) is 24.3 Å². The Morgan fingerprint density at radius 2 is 1.43 bits per heavy atom. The van der Waals surface area contributed by atoms with Gasteiger partial charge >= 0.3 is 17.9 Å². The molecular formula is C43H68O8. The number of allylic oxidation sites excluding steroid dienone is 4. The number of rotatable bonds is 13. The molecule has 7 aliphatic rings. The molecule has 0 amide bonds. The van der Waals surface area contributed by atoms with Crippen LogP contribution in [0.25, 0.3) is 0 Å². The summed E-state index contributed by atoms with van der Waals surface area (Å²) in [5.74, 6) is 6.14. The van der Waals surface area contributed by atoms with Gasteiger partial charge in [-0.1, -0.05) is 58.9 Å². The van der Waals surface area contributed by atoms with E-state index in [1.54, 1.807) is 0 Å². The van der Waals surface area contributed by atoms with Crippen molar-refractivity contribution >= 4 is 17.9 Å². The van der Waals surface area contributed by atoms with Gasteiger partial charge in [0, 0.05) is 6.61 Å². The molecule has 4 bridgehead atoms. The minimum atomic E-state index is -0.381. The lowest BCUT2D eigenvalue weighted by Gasteiger charge is -2.31. The highest BCUT2D eigenvalue weighted by Gasteiger charge is 2.54. The summed E-state index contributed by atoms with van der Waals surface area (Å²) >= 11 is 0. The fourth-order valence-electron chi connectivity index (χ4n) is 9.67. The number of fused-ring (bicyclic) bond motifs is 10. The van der Waals surface area contributed by atoms with Gasteiger partial charge in [0.1, 0.15) is 19.3 Å². The van der Waals surface area contributed by atoms with Crippen molar-refractivity contribution < 1.29 is 38.1 Å². The fourth-order valence-corrected chi connectivity index (χ4v) is 9.67. The lowest BCUT2D eigenvalue weighted by atomic mass is 9.80. The van der Waals surface area contributed by atoms with Crippen LogP contribution in [0.15, 0.2) is 24.3 Å². The van der Waals surface area contributed by atoms with Crippen molar-refractivity contribution in [1.82, 2.24) is 0 Å². The van der Waals surface area contributed by atoms with Crippen molar-refractivity contribution in [3.8, 4) is 0 Å². The molecule has 0 aromatic heterocycles. The van der Waals surface area contributed by atoms with Crippen LogP contribution in [0.1, 0.15) is 119 Å². The van der Waals surface area contributed by atoms with E-state index in [0.29, 0.717) is 37.8 Å². The average Bonchev–Trinajstić information content (AvgIpc) is 3.98. The Hall–Kier alpha value is -2.19. The molecule has 51 heavy (non-hydrogen) atoms. The molecule has 8 nitrogen and oxygen atoms in total. The van der Waals surface area contributed by atoms with E-state index in [4.69, 9.17) is 23.7 Å². The van der Waals surface area contributed by atoms with Crippen LogP contribution in [0.3, 0.4) is 0 Å². The van der Waals surface area contributed by atoms with E-state index in [-0.39, 0.29) is 47.4 Å². The molecule has 0 radical (unpaired) electrons. The molecule has 8 heteroatoms. The molecule has 0 aromatic rings. The third-order valence-electron chi connectivity index (χ3n) is 13.7. The summed E-state index contributed by atoms with van der Waals surface area (Å²) in [7, 11) is 0. The molecule has 0 N–H and O–H groups in total. The van der Waals surface area contributed by atoms with E-state index < -0.39 is 0 Å². The number of hydrogen-bond acceptors (Lipinski definition) is 8. The van der Waals surface area contributed by atoms with Gasteiger partial charge in [-0.2, -0.15) is 0 Å². The standard InChI is InChI=1S/C18H28O3.C15H22O2.C10H18O3/c1-4-18(2,3)17(19)21-9-8-20-16-11-12-10-15(16)14-7-5-6-13(12)14;1-3-9(2)15(16)17-14-8-10-7-13(14)12-6-4-5-11(10)12;1-3-8(2)10(11)13-7-9-5-4-6-12-9/h5,7,12-16H,4,6,8-11H2,1-3H3;4-5,9-14H,3,6-8H2,1-2H3;8-9H,3-7H2,1-2H3. The molecule has 0 aromatic carbocycles. The average molecular weight is 713 g/mol. The predicted molar refractivity (Wildman–Crippen MR) is 197 cm³/mol. The van der Waals surface area contributed by atoms with Crippen LogP contribution < -0.4 is 0 Å². The molecule has 1 saturated heterocycles. The Balaban J connectivity index is 0.000000153. The minimum Gasteiger partial charge on any atom is -0.463 e. The minimum absolute atomic E-state index is 0.0152. The summed E-state index contributed by atoms with van der Waals surface area (Å²) in [6.07, 6.45) is 22.3. The van der Waals surface area contributed by atoms with Crippen LogP contribution in [0.4, 0.5) is 0 Å². The van der Waals surface area contributed by atoms with Crippen molar-refractivity contribution in [2.24, 2.45) is 64.6 Å². The van der Waals surface area contributed by atoms with Crippen LogP contribution in [0.5, 0.6) is 0 Å². The first-order valence-electron chi connectivity index (χ1n) is 20.6. The van der Waals surface area contributed by atoms with Gasteiger partial charge in [0.25, 0.3) is 0 Å². The van der Waals surface area contributed by atoms with Gasteiger partial charge in [-0.05, 0) is 132 Å². The quantitative estimate of drug-likeness (QED) is 0.0812. The molecular weight excluding hydrogens is 644 g/mol. The van der Waals surface area contributed by atoms with Crippen molar-refractivity contribution in [3.05, 3.63) is 24.3 Å². The Morgan fingerprint density at radius 1 is 0.765 bits per heavy atom. The van der Waals surface area contributed by atoms with Crippen LogP contribution in [0.2, 0.25) is 0 Å². The first-order chi connectivity index (χ1) is 24.5. The van der Waals surface area contributed by atoms with Gasteiger partial charge in [-0.15, -0.1) is 0 Å². The Morgan fingerprint density at radius 3 is 2.12 bits per heavy atom. The predicted octanol–water partition coefficient (Wildman–Crippen LogP) is 8.51. The zero-order valence-electron chi connectivity index (χ0n) is 32.7. The van der Waals surface area contributed by atoms with Crippen LogP contribution >= 0.6 is 0 Å². The van der Waals surface area contributed by atoms with Crippen LogP contribution in [-0.2, 0) is 38.1 Å². The molecule has 7 rings (SSSR count). The van der Waals surface area contributed by atoms with Gasteiger partial charge in [-0.3, -0.25) is 14.4 Å². The smallest absolute Gasteiger partial charge is 0.311 e. The summed E-state index contributed by atoms with van der Waals surface area (Å²) < 4.78 is 27.6. The molecule has 5 fully saturated rings. The molecule has 1 heterocycles. The maximum absolute atomic E-state index is 11.9. The van der Waals surface area contributed by atoms with E-state index in [0.717, 1.165) is 80.6 Å². The molecule has 13 unspecified atom stereocenters. The number of esters is 3. The van der Waals surface area contributed by atoms with E-state index in [9.17, 15) is 14.4 Å². The highest BCUT2D eigenvalue weighted by molar-refractivity contribution is 5.75. The summed E-state index contributed by atoms with van der Waals surface area (Å²) in [6, 6.07) is 0. The van der Waals surface area contributed by atoms with Crippen molar-refractivity contribution in [1.29, 1.82) is 0 Å². The lowest BCUT2D eigenvalue weighted by Crippen LogP contribution is -2.33. The molecule has 1 aliphatic heterocycles. The van der Waals surface area contributed by atoms with Crippen molar-refractivity contribution in [2.45, 2.75) is 137 Å². The summed E-state index contributed by atoms with van der Waals surface area (Å²) in [5, 5.41) is 0. The van der Waals surface area contributed by atoms with Crippen molar-refractivity contribution in [2.75, 3.05) is 26.4 Å². The number of ether oxygens (including phenoxy) is 5. The zero-order valence-corrected chi connectivity index (χ0v) is 32.7. The van der Waals surface area contributed by atoms with Crippen LogP contribution in [-0.4, -0.2) is 62.6 Å². The fraction of sp³-hybridized carbons (Fsp3) is 0.837. The Kier molecular flexibility index (Phi) is 14.3. The van der Waals surface area contributed by atoms with Gasteiger partial charge in [0.2, 0.25) is 0 Å². The Bertz CT molecular complexity index is 1220. The number of hydrogen-bond donors (Lipinski definition) is 0. The Labute approximate surface area is 308 Å². The summed E-state index contributed by atoms with van der Waals surface area (Å²) in [4.78, 5) is 35.0. The zero-order chi connectivity index (χ0) is 36.7. The van der Waals surface area contributed by atoms with Gasteiger partial charge in [0.15, 0.2) is 0 Å². The highest BCUT2D eigenvalue weighted by atomic mass is 16.6. The lowest BCUT2D eigenvalue weighted by molar-refractivity contribution is -0.158. The van der Waals surface area contributed by atoms with E-state index in [1.165, 1.54) is 32.1 Å². The molecule has 13 atom stereocenters. The normalized spacial score (nSPS) is 36.0. The third-order valence-corrected chi connectivity index (χ3v) is 13.7. The second-order valence-corrected chi connectivity index (χ2v) is 17.2. The number of carbonyl (C=O) groups is 3. The summed E-state index contributed by atoms with van der Waals surface area (Å²) in [5.41, 5.74) is -0.381. The van der Waals surface area contributed by atoms with Crippen LogP contribution in [0, 0.1) is 64.6 Å². The van der Waals surface area contributed by atoms with E-state index in [1.807, 2.05) is 48.5 Å². The maximum Gasteiger partial charge on any atom is 0.311 e. The molecule has 4 saturated carbocycles. The van der Waals surface area contributed by atoms with Crippen molar-refractivity contribution in [3.63, 3.8) is 0 Å². The first-order valence-corrected chi connectivity index (χ1v) is 20.6. The SMILES string of the molecule is CCC(C)(C)C(=O)OCCOC1CC2CC1C1C=CCC21.CCC(C)C(=O)OC1CC2CC1C1CC=CC21.CCC(C)C(=O)OCC1CCCO1. The number of carbonyl (C=O) groups excluding carboxylic acids is 3. The topological polar surface area (TPSA) is 97.4 Å². The first kappa shape index (κ1) is 40.0. The van der Waals surface area contributed by atoms with Gasteiger partial charge in [-0.25, -0.2) is 0 Å². The second-order valence-electron chi connectivity index (χ2n) is 17.2. The molecule has 0 spiro atoms. The van der Waals surface area contributed by atoms with Gasteiger partial charge in [0.05, 0.1) is 36.1 Å². The monoisotopic (exact) mass is 712 g/mol.